The van der Waals surface area contributed by atoms with E-state index in [9.17, 15) is 0 Å². The standard InChI is InChI=1S/C14H16N2O/c1-11(12-5-3-2-4-6-12)17-14-7-8-16-10-13(14)9-15/h2-8,10-11H,9,15H2,1H3. The molecule has 1 unspecified atom stereocenters. The molecule has 1 heterocycles. The summed E-state index contributed by atoms with van der Waals surface area (Å²) < 4.78 is 5.90. The number of hydrogen-bond acceptors (Lipinski definition) is 3. The topological polar surface area (TPSA) is 48.1 Å². The van der Waals surface area contributed by atoms with Gasteiger partial charge in [0.15, 0.2) is 0 Å². The number of pyridine rings is 1. The molecule has 2 rings (SSSR count). The van der Waals surface area contributed by atoms with E-state index >= 15 is 0 Å². The van der Waals surface area contributed by atoms with Gasteiger partial charge in [0.25, 0.3) is 0 Å². The van der Waals surface area contributed by atoms with Gasteiger partial charge in [-0.2, -0.15) is 0 Å². The van der Waals surface area contributed by atoms with Crippen LogP contribution in [-0.4, -0.2) is 4.98 Å². The molecule has 3 nitrogen and oxygen atoms in total. The van der Waals surface area contributed by atoms with Gasteiger partial charge in [0, 0.05) is 24.5 Å². The van der Waals surface area contributed by atoms with Crippen LogP contribution in [0.2, 0.25) is 0 Å². The molecule has 0 aliphatic rings. The Morgan fingerprint density at radius 2 is 2.00 bits per heavy atom. The van der Waals surface area contributed by atoms with Crippen molar-refractivity contribution in [2.75, 3.05) is 0 Å². The lowest BCUT2D eigenvalue weighted by molar-refractivity contribution is 0.224. The maximum atomic E-state index is 5.90. The minimum absolute atomic E-state index is 0.00361. The second kappa shape index (κ2) is 5.46. The van der Waals surface area contributed by atoms with Crippen molar-refractivity contribution in [1.29, 1.82) is 0 Å². The maximum absolute atomic E-state index is 5.90. The van der Waals surface area contributed by atoms with Gasteiger partial charge in [-0.15, -0.1) is 0 Å². The van der Waals surface area contributed by atoms with Crippen molar-refractivity contribution in [2.24, 2.45) is 5.73 Å². The van der Waals surface area contributed by atoms with E-state index < -0.39 is 0 Å². The van der Waals surface area contributed by atoms with Gasteiger partial charge in [0.05, 0.1) is 0 Å². The molecular weight excluding hydrogens is 212 g/mol. The van der Waals surface area contributed by atoms with Crippen molar-refractivity contribution < 1.29 is 4.74 Å². The largest absolute Gasteiger partial charge is 0.486 e. The minimum atomic E-state index is 0.00361. The Hall–Kier alpha value is -1.87. The van der Waals surface area contributed by atoms with E-state index in [-0.39, 0.29) is 6.10 Å². The Labute approximate surface area is 101 Å². The molecule has 3 heteroatoms. The molecule has 0 radical (unpaired) electrons. The van der Waals surface area contributed by atoms with Gasteiger partial charge in [-0.05, 0) is 18.6 Å². The molecule has 1 aromatic carbocycles. The minimum Gasteiger partial charge on any atom is -0.486 e. The van der Waals surface area contributed by atoms with Gasteiger partial charge < -0.3 is 10.5 Å². The molecule has 0 saturated carbocycles. The zero-order valence-electron chi connectivity index (χ0n) is 9.84. The molecule has 0 bridgehead atoms. The van der Waals surface area contributed by atoms with Crippen LogP contribution in [0.3, 0.4) is 0 Å². The van der Waals surface area contributed by atoms with Gasteiger partial charge in [-0.1, -0.05) is 30.3 Å². The number of nitrogens with zero attached hydrogens (tertiary/aromatic N) is 1. The van der Waals surface area contributed by atoms with Crippen LogP contribution in [0, 0.1) is 0 Å². The third-order valence-corrected chi connectivity index (χ3v) is 2.65. The van der Waals surface area contributed by atoms with E-state index in [1.54, 1.807) is 12.4 Å². The Bertz CT molecular complexity index is 471. The van der Waals surface area contributed by atoms with E-state index in [0.29, 0.717) is 6.54 Å². The van der Waals surface area contributed by atoms with Gasteiger partial charge in [0.1, 0.15) is 11.9 Å². The summed E-state index contributed by atoms with van der Waals surface area (Å²) in [4.78, 5) is 4.04. The second-order valence-corrected chi connectivity index (χ2v) is 3.86. The Kier molecular flexibility index (Phi) is 3.73. The average Bonchev–Trinajstić information content (AvgIpc) is 2.40. The Morgan fingerprint density at radius 3 is 2.71 bits per heavy atom. The van der Waals surface area contributed by atoms with Crippen LogP contribution in [0.15, 0.2) is 48.8 Å². The lowest BCUT2D eigenvalue weighted by atomic mass is 10.1. The SMILES string of the molecule is CC(Oc1ccncc1CN)c1ccccc1. The molecule has 1 aromatic heterocycles. The highest BCUT2D eigenvalue weighted by Gasteiger charge is 2.09. The van der Waals surface area contributed by atoms with Crippen LogP contribution in [-0.2, 0) is 6.54 Å². The van der Waals surface area contributed by atoms with E-state index in [4.69, 9.17) is 10.5 Å². The maximum Gasteiger partial charge on any atom is 0.127 e. The summed E-state index contributed by atoms with van der Waals surface area (Å²) >= 11 is 0. The normalized spacial score (nSPS) is 12.1. The molecule has 0 aliphatic carbocycles. The molecule has 2 aromatic rings. The first-order valence-electron chi connectivity index (χ1n) is 5.66. The highest BCUT2D eigenvalue weighted by Crippen LogP contribution is 2.23. The highest BCUT2D eigenvalue weighted by atomic mass is 16.5. The van der Waals surface area contributed by atoms with Crippen LogP contribution in [0.25, 0.3) is 0 Å². The number of hydrogen-bond donors (Lipinski definition) is 1. The van der Waals surface area contributed by atoms with Crippen molar-refractivity contribution >= 4 is 0 Å². The smallest absolute Gasteiger partial charge is 0.127 e. The quantitative estimate of drug-likeness (QED) is 0.875. The lowest BCUT2D eigenvalue weighted by Gasteiger charge is -2.16. The fourth-order valence-corrected chi connectivity index (χ4v) is 1.67. The molecule has 0 spiro atoms. The van der Waals surface area contributed by atoms with E-state index in [0.717, 1.165) is 16.9 Å². The molecule has 0 fully saturated rings. The Balaban J connectivity index is 2.16. The highest BCUT2D eigenvalue weighted by molar-refractivity contribution is 5.31. The van der Waals surface area contributed by atoms with Gasteiger partial charge >= 0.3 is 0 Å². The van der Waals surface area contributed by atoms with Crippen molar-refractivity contribution in [2.45, 2.75) is 19.6 Å². The summed E-state index contributed by atoms with van der Waals surface area (Å²) in [7, 11) is 0. The van der Waals surface area contributed by atoms with E-state index in [1.807, 2.05) is 43.3 Å². The molecule has 0 saturated heterocycles. The molecule has 0 amide bonds. The van der Waals surface area contributed by atoms with Crippen LogP contribution in [0.5, 0.6) is 5.75 Å². The summed E-state index contributed by atoms with van der Waals surface area (Å²) in [6, 6.07) is 12.0. The summed E-state index contributed by atoms with van der Waals surface area (Å²) in [5.74, 6) is 0.804. The molecular formula is C14H16N2O. The number of rotatable bonds is 4. The summed E-state index contributed by atoms with van der Waals surface area (Å²) in [6.45, 7) is 2.46. The fraction of sp³-hybridized carbons (Fsp3) is 0.214. The van der Waals surface area contributed by atoms with Crippen LogP contribution in [0.4, 0.5) is 0 Å². The average molecular weight is 228 g/mol. The van der Waals surface area contributed by atoms with Gasteiger partial charge in [0.2, 0.25) is 0 Å². The number of ether oxygens (including phenoxy) is 1. The van der Waals surface area contributed by atoms with E-state index in [1.165, 1.54) is 0 Å². The van der Waals surface area contributed by atoms with Gasteiger partial charge in [-0.25, -0.2) is 0 Å². The molecule has 0 aliphatic heterocycles. The summed E-state index contributed by atoms with van der Waals surface area (Å²) in [5.41, 5.74) is 7.72. The first-order valence-corrected chi connectivity index (χ1v) is 5.66. The number of nitrogens with two attached hydrogens (primary N) is 1. The predicted molar refractivity (Wildman–Crippen MR) is 67.6 cm³/mol. The zero-order chi connectivity index (χ0) is 12.1. The van der Waals surface area contributed by atoms with Gasteiger partial charge in [-0.3, -0.25) is 4.98 Å². The zero-order valence-corrected chi connectivity index (χ0v) is 9.84. The van der Waals surface area contributed by atoms with Crippen molar-refractivity contribution in [3.63, 3.8) is 0 Å². The summed E-state index contributed by atoms with van der Waals surface area (Å²) in [5, 5.41) is 0. The number of benzene rings is 1. The molecule has 2 N–H and O–H groups in total. The van der Waals surface area contributed by atoms with Crippen LogP contribution >= 0.6 is 0 Å². The predicted octanol–water partition coefficient (Wildman–Crippen LogP) is 2.68. The van der Waals surface area contributed by atoms with Crippen molar-refractivity contribution in [3.05, 3.63) is 59.9 Å². The summed E-state index contributed by atoms with van der Waals surface area (Å²) in [6.07, 6.45) is 3.46. The Morgan fingerprint density at radius 1 is 1.24 bits per heavy atom. The first-order chi connectivity index (χ1) is 8.31. The first kappa shape index (κ1) is 11.6. The molecule has 88 valence electrons. The molecule has 1 atom stereocenters. The van der Waals surface area contributed by atoms with Crippen LogP contribution < -0.4 is 10.5 Å². The second-order valence-electron chi connectivity index (χ2n) is 3.86. The van der Waals surface area contributed by atoms with Crippen molar-refractivity contribution in [3.8, 4) is 5.75 Å². The monoisotopic (exact) mass is 228 g/mol. The number of aromatic nitrogens is 1. The van der Waals surface area contributed by atoms with Crippen LogP contribution in [0.1, 0.15) is 24.2 Å². The third-order valence-electron chi connectivity index (χ3n) is 2.65. The van der Waals surface area contributed by atoms with E-state index in [2.05, 4.69) is 4.98 Å². The fourth-order valence-electron chi connectivity index (χ4n) is 1.67. The third kappa shape index (κ3) is 2.82. The van der Waals surface area contributed by atoms with Crippen molar-refractivity contribution in [1.82, 2.24) is 4.98 Å². The molecule has 17 heavy (non-hydrogen) atoms. The lowest BCUT2D eigenvalue weighted by Crippen LogP contribution is -2.07.